The molecule has 0 saturated heterocycles. The number of ether oxygens (including phenoxy) is 1. The highest BCUT2D eigenvalue weighted by atomic mass is 19.4. The van der Waals surface area contributed by atoms with E-state index in [0.717, 1.165) is 31.2 Å². The number of aliphatic hydroxyl groups excluding tert-OH is 1. The lowest BCUT2D eigenvalue weighted by molar-refractivity contribution is -0.274. The van der Waals surface area contributed by atoms with Crippen molar-refractivity contribution >= 4 is 5.91 Å². The lowest BCUT2D eigenvalue weighted by Crippen LogP contribution is -2.49. The minimum Gasteiger partial charge on any atom is -0.406 e. The van der Waals surface area contributed by atoms with Crippen LogP contribution in [0.1, 0.15) is 43.6 Å². The fraction of sp³-hybridized carbons (Fsp3) is 0.588. The van der Waals surface area contributed by atoms with Gasteiger partial charge in [-0.1, -0.05) is 25.0 Å². The molecule has 3 rings (SSSR count). The molecule has 0 radical (unpaired) electrons. The number of alkyl halides is 3. The Kier molecular flexibility index (Phi) is 4.46. The largest absolute Gasteiger partial charge is 0.573 e. The van der Waals surface area contributed by atoms with E-state index >= 15 is 0 Å². The number of carbonyl (C=O) groups is 1. The van der Waals surface area contributed by atoms with Crippen LogP contribution in [0.5, 0.6) is 5.75 Å². The van der Waals surface area contributed by atoms with Crippen LogP contribution >= 0.6 is 0 Å². The van der Waals surface area contributed by atoms with Gasteiger partial charge in [0.1, 0.15) is 5.75 Å². The van der Waals surface area contributed by atoms with Crippen LogP contribution in [0.4, 0.5) is 13.2 Å². The van der Waals surface area contributed by atoms with E-state index in [0.29, 0.717) is 6.42 Å². The topological polar surface area (TPSA) is 58.6 Å². The van der Waals surface area contributed by atoms with Gasteiger partial charge in [0.15, 0.2) is 0 Å². The van der Waals surface area contributed by atoms with Crippen LogP contribution in [0.3, 0.4) is 0 Å². The molecule has 2 saturated carbocycles. The van der Waals surface area contributed by atoms with Crippen molar-refractivity contribution in [2.45, 2.75) is 49.9 Å². The van der Waals surface area contributed by atoms with Crippen molar-refractivity contribution in [3.05, 3.63) is 29.8 Å². The van der Waals surface area contributed by atoms with Crippen LogP contribution in [0.2, 0.25) is 0 Å². The molecule has 132 valence electrons. The number of hydrogen-bond acceptors (Lipinski definition) is 3. The molecule has 0 spiro atoms. The Labute approximate surface area is 138 Å². The number of hydrogen-bond donors (Lipinski definition) is 2. The van der Waals surface area contributed by atoms with E-state index in [1.807, 2.05) is 0 Å². The summed E-state index contributed by atoms with van der Waals surface area (Å²) in [5.41, 5.74) is 0.336. The second-order valence-electron chi connectivity index (χ2n) is 6.70. The third kappa shape index (κ3) is 3.83. The maximum atomic E-state index is 12.4. The van der Waals surface area contributed by atoms with Gasteiger partial charge in [0.25, 0.3) is 0 Å². The number of rotatable bonds is 5. The summed E-state index contributed by atoms with van der Waals surface area (Å²) < 4.78 is 40.3. The van der Waals surface area contributed by atoms with Crippen molar-refractivity contribution in [3.63, 3.8) is 0 Å². The van der Waals surface area contributed by atoms with Gasteiger partial charge in [-0.15, -0.1) is 13.2 Å². The summed E-state index contributed by atoms with van der Waals surface area (Å²) in [6, 6.07) is 5.66. The molecule has 2 N–H and O–H groups in total. The Morgan fingerprint density at radius 2 is 1.88 bits per heavy atom. The van der Waals surface area contributed by atoms with Gasteiger partial charge < -0.3 is 15.2 Å². The Balaban J connectivity index is 1.57. The van der Waals surface area contributed by atoms with E-state index in [4.69, 9.17) is 0 Å². The van der Waals surface area contributed by atoms with Crippen LogP contribution in [-0.2, 0) is 4.79 Å². The molecule has 0 aromatic heterocycles. The highest BCUT2D eigenvalue weighted by Gasteiger charge is 2.46. The minimum atomic E-state index is -4.70. The number of halogens is 3. The van der Waals surface area contributed by atoms with Gasteiger partial charge in [-0.25, -0.2) is 0 Å². The molecule has 0 aliphatic heterocycles. The smallest absolute Gasteiger partial charge is 0.406 e. The van der Waals surface area contributed by atoms with Gasteiger partial charge in [0.05, 0.1) is 12.1 Å². The first-order valence-corrected chi connectivity index (χ1v) is 8.10. The highest BCUT2D eigenvalue weighted by molar-refractivity contribution is 5.83. The SMILES string of the molecule is O=C(NC1(CO)CCCC1)C1CC1c1ccc(OC(F)(F)F)cc1. The fourth-order valence-corrected chi connectivity index (χ4v) is 3.50. The summed E-state index contributed by atoms with van der Waals surface area (Å²) in [5.74, 6) is -0.504. The van der Waals surface area contributed by atoms with Crippen molar-refractivity contribution in [3.8, 4) is 5.75 Å². The van der Waals surface area contributed by atoms with E-state index < -0.39 is 11.9 Å². The van der Waals surface area contributed by atoms with Crippen LogP contribution < -0.4 is 10.1 Å². The summed E-state index contributed by atoms with van der Waals surface area (Å²) in [5, 5.41) is 12.5. The van der Waals surface area contributed by atoms with E-state index in [2.05, 4.69) is 10.1 Å². The average molecular weight is 343 g/mol. The summed E-state index contributed by atoms with van der Waals surface area (Å²) in [7, 11) is 0. The van der Waals surface area contributed by atoms with Crippen LogP contribution in [-0.4, -0.2) is 29.5 Å². The van der Waals surface area contributed by atoms with Crippen LogP contribution in [0, 0.1) is 5.92 Å². The second-order valence-corrected chi connectivity index (χ2v) is 6.70. The second kappa shape index (κ2) is 6.27. The molecule has 2 fully saturated rings. The normalized spacial score (nSPS) is 25.3. The lowest BCUT2D eigenvalue weighted by atomic mass is 9.98. The van der Waals surface area contributed by atoms with E-state index in [9.17, 15) is 23.1 Å². The first-order valence-electron chi connectivity index (χ1n) is 8.10. The molecule has 2 aliphatic rings. The summed E-state index contributed by atoms with van der Waals surface area (Å²) in [6.07, 6.45) is -0.465. The summed E-state index contributed by atoms with van der Waals surface area (Å²) in [6.45, 7) is -0.0559. The predicted molar refractivity (Wildman–Crippen MR) is 80.4 cm³/mol. The van der Waals surface area contributed by atoms with Gasteiger partial charge >= 0.3 is 6.36 Å². The zero-order chi connectivity index (χ0) is 17.4. The maximum Gasteiger partial charge on any atom is 0.573 e. The Morgan fingerprint density at radius 3 is 2.42 bits per heavy atom. The quantitative estimate of drug-likeness (QED) is 0.864. The molecular weight excluding hydrogens is 323 g/mol. The molecule has 1 aromatic rings. The van der Waals surface area contributed by atoms with Crippen molar-refractivity contribution in [2.24, 2.45) is 5.92 Å². The highest BCUT2D eigenvalue weighted by Crippen LogP contribution is 2.48. The van der Waals surface area contributed by atoms with E-state index in [1.165, 1.54) is 12.1 Å². The maximum absolute atomic E-state index is 12.4. The molecular formula is C17H20F3NO3. The first-order chi connectivity index (χ1) is 11.3. The third-order valence-electron chi connectivity index (χ3n) is 4.92. The Bertz CT molecular complexity index is 594. The number of amides is 1. The molecule has 0 heterocycles. The van der Waals surface area contributed by atoms with Crippen molar-refractivity contribution in [2.75, 3.05) is 6.61 Å². The van der Waals surface area contributed by atoms with Gasteiger partial charge in [0.2, 0.25) is 5.91 Å². The predicted octanol–water partition coefficient (Wildman–Crippen LogP) is 3.11. The first kappa shape index (κ1) is 17.1. The zero-order valence-corrected chi connectivity index (χ0v) is 13.1. The molecule has 2 aliphatic carbocycles. The van der Waals surface area contributed by atoms with E-state index in [1.54, 1.807) is 12.1 Å². The van der Waals surface area contributed by atoms with Gasteiger partial charge in [-0.05, 0) is 42.9 Å². The molecule has 1 amide bonds. The summed E-state index contributed by atoms with van der Waals surface area (Å²) in [4.78, 5) is 12.4. The Hall–Kier alpha value is -1.76. The van der Waals surface area contributed by atoms with Gasteiger partial charge in [-0.2, -0.15) is 0 Å². The molecule has 7 heteroatoms. The van der Waals surface area contributed by atoms with E-state index in [-0.39, 0.29) is 30.1 Å². The minimum absolute atomic E-state index is 0.0158. The molecule has 2 unspecified atom stereocenters. The number of aliphatic hydroxyl groups is 1. The number of carbonyl (C=O) groups excluding carboxylic acids is 1. The van der Waals surface area contributed by atoms with Crippen molar-refractivity contribution < 1.29 is 27.8 Å². The molecule has 4 nitrogen and oxygen atoms in total. The molecule has 1 aromatic carbocycles. The third-order valence-corrected chi connectivity index (χ3v) is 4.92. The monoisotopic (exact) mass is 343 g/mol. The lowest BCUT2D eigenvalue weighted by Gasteiger charge is -2.28. The van der Waals surface area contributed by atoms with Crippen molar-refractivity contribution in [1.82, 2.24) is 5.32 Å². The Morgan fingerprint density at radius 1 is 1.25 bits per heavy atom. The van der Waals surface area contributed by atoms with Crippen LogP contribution in [0.25, 0.3) is 0 Å². The molecule has 2 atom stereocenters. The molecule has 0 bridgehead atoms. The fourth-order valence-electron chi connectivity index (χ4n) is 3.50. The average Bonchev–Trinajstić information content (AvgIpc) is 3.19. The number of benzene rings is 1. The standard InChI is InChI=1S/C17H20F3NO3/c18-17(19,20)24-12-5-3-11(4-6-12)13-9-14(13)15(23)21-16(10-22)7-1-2-8-16/h3-6,13-14,22H,1-2,7-10H2,(H,21,23). The molecule has 24 heavy (non-hydrogen) atoms. The number of nitrogens with one attached hydrogen (secondary N) is 1. The van der Waals surface area contributed by atoms with Crippen LogP contribution in [0.15, 0.2) is 24.3 Å². The van der Waals surface area contributed by atoms with Crippen molar-refractivity contribution in [1.29, 1.82) is 0 Å². The zero-order valence-electron chi connectivity index (χ0n) is 13.1. The van der Waals surface area contributed by atoms with Gasteiger partial charge in [0, 0.05) is 5.92 Å². The summed E-state index contributed by atoms with van der Waals surface area (Å²) >= 11 is 0. The van der Waals surface area contributed by atoms with Gasteiger partial charge in [-0.3, -0.25) is 4.79 Å².